The van der Waals surface area contributed by atoms with Crippen LogP contribution in [0.4, 0.5) is 0 Å². The fraction of sp³-hybridized carbons (Fsp3) is 0.200. The van der Waals surface area contributed by atoms with Gasteiger partial charge in [-0.05, 0) is 18.9 Å². The van der Waals surface area contributed by atoms with Gasteiger partial charge in [0.25, 0.3) is 5.91 Å². The van der Waals surface area contributed by atoms with Crippen molar-refractivity contribution in [3.63, 3.8) is 0 Å². The smallest absolute Gasteiger partial charge is 0.260 e. The van der Waals surface area contributed by atoms with Gasteiger partial charge in [0.05, 0.1) is 5.70 Å². The van der Waals surface area contributed by atoms with Crippen molar-refractivity contribution < 1.29 is 9.59 Å². The molecule has 18 heavy (non-hydrogen) atoms. The van der Waals surface area contributed by atoms with Gasteiger partial charge in [-0.1, -0.05) is 36.9 Å². The van der Waals surface area contributed by atoms with Crippen molar-refractivity contribution in [1.82, 2.24) is 4.90 Å². The van der Waals surface area contributed by atoms with Gasteiger partial charge in [-0.2, -0.15) is 0 Å². The van der Waals surface area contributed by atoms with Crippen LogP contribution in [-0.4, -0.2) is 16.7 Å². The summed E-state index contributed by atoms with van der Waals surface area (Å²) in [6.07, 6.45) is 2.66. The van der Waals surface area contributed by atoms with Crippen molar-refractivity contribution in [2.24, 2.45) is 0 Å². The Morgan fingerprint density at radius 2 is 1.89 bits per heavy atom. The first-order valence-electron chi connectivity index (χ1n) is 5.81. The quantitative estimate of drug-likeness (QED) is 0.746. The lowest BCUT2D eigenvalue weighted by Gasteiger charge is -2.21. The van der Waals surface area contributed by atoms with Gasteiger partial charge in [0.2, 0.25) is 5.91 Å². The Morgan fingerprint density at radius 3 is 2.50 bits per heavy atom. The summed E-state index contributed by atoms with van der Waals surface area (Å²) in [4.78, 5) is 25.0. The molecule has 0 radical (unpaired) electrons. The molecule has 3 nitrogen and oxygen atoms in total. The van der Waals surface area contributed by atoms with Gasteiger partial charge in [0, 0.05) is 18.1 Å². The molecule has 1 aliphatic carbocycles. The molecule has 0 heterocycles. The van der Waals surface area contributed by atoms with E-state index in [1.54, 1.807) is 6.92 Å². The minimum atomic E-state index is -0.342. The molecule has 1 aliphatic rings. The number of rotatable bonds is 2. The van der Waals surface area contributed by atoms with E-state index in [0.717, 1.165) is 17.5 Å². The predicted molar refractivity (Wildman–Crippen MR) is 70.5 cm³/mol. The van der Waals surface area contributed by atoms with E-state index in [4.69, 9.17) is 0 Å². The molecule has 0 unspecified atom stereocenters. The van der Waals surface area contributed by atoms with Crippen LogP contribution < -0.4 is 0 Å². The predicted octanol–water partition coefficient (Wildman–Crippen LogP) is 2.53. The summed E-state index contributed by atoms with van der Waals surface area (Å²) in [6.45, 7) is 6.62. The van der Waals surface area contributed by atoms with Crippen LogP contribution >= 0.6 is 0 Å². The number of hydrogen-bond acceptors (Lipinski definition) is 2. The number of allylic oxidation sites excluding steroid dienone is 1. The number of imide groups is 1. The van der Waals surface area contributed by atoms with Crippen LogP contribution in [0.25, 0.3) is 5.70 Å². The van der Waals surface area contributed by atoms with Crippen molar-refractivity contribution in [2.45, 2.75) is 20.3 Å². The highest BCUT2D eigenvalue weighted by Crippen LogP contribution is 2.30. The Hall–Kier alpha value is -2.16. The standard InChI is InChI=1S/C15H15NO2/c1-10(2)15(18)16(11(3)17)14-9-8-12-6-4-5-7-13(12)14/h4-7,9H,1,8H2,2-3H3. The van der Waals surface area contributed by atoms with Crippen LogP contribution in [0.3, 0.4) is 0 Å². The first-order chi connectivity index (χ1) is 8.52. The van der Waals surface area contributed by atoms with Gasteiger partial charge < -0.3 is 0 Å². The fourth-order valence-electron chi connectivity index (χ4n) is 2.09. The second-order valence-corrected chi connectivity index (χ2v) is 4.39. The van der Waals surface area contributed by atoms with E-state index in [1.165, 1.54) is 11.8 Å². The van der Waals surface area contributed by atoms with Crippen molar-refractivity contribution in [2.75, 3.05) is 0 Å². The van der Waals surface area contributed by atoms with E-state index in [0.29, 0.717) is 11.3 Å². The molecule has 0 saturated carbocycles. The molecular weight excluding hydrogens is 226 g/mol. The van der Waals surface area contributed by atoms with Gasteiger partial charge in [0.15, 0.2) is 0 Å². The number of carbonyl (C=O) groups excluding carboxylic acids is 2. The topological polar surface area (TPSA) is 37.4 Å². The molecule has 0 fully saturated rings. The van der Waals surface area contributed by atoms with Gasteiger partial charge >= 0.3 is 0 Å². The number of carbonyl (C=O) groups is 2. The Morgan fingerprint density at radius 1 is 1.22 bits per heavy atom. The Balaban J connectivity index is 2.44. The minimum absolute atomic E-state index is 0.286. The lowest BCUT2D eigenvalue weighted by molar-refractivity contribution is -0.136. The van der Waals surface area contributed by atoms with Crippen molar-refractivity contribution in [3.8, 4) is 0 Å². The van der Waals surface area contributed by atoms with Crippen molar-refractivity contribution in [3.05, 3.63) is 53.6 Å². The maximum atomic E-state index is 12.0. The van der Waals surface area contributed by atoms with E-state index >= 15 is 0 Å². The summed E-state index contributed by atoms with van der Waals surface area (Å²) in [6, 6.07) is 7.79. The highest BCUT2D eigenvalue weighted by atomic mass is 16.2. The molecule has 2 rings (SSSR count). The van der Waals surface area contributed by atoms with Crippen molar-refractivity contribution in [1.29, 1.82) is 0 Å². The van der Waals surface area contributed by atoms with E-state index in [2.05, 4.69) is 6.58 Å². The lowest BCUT2D eigenvalue weighted by Crippen LogP contribution is -2.33. The summed E-state index contributed by atoms with van der Waals surface area (Å²) in [5, 5.41) is 0. The first-order valence-corrected chi connectivity index (χ1v) is 5.81. The molecule has 1 aromatic rings. The van der Waals surface area contributed by atoms with Gasteiger partial charge in [0.1, 0.15) is 0 Å². The summed E-state index contributed by atoms with van der Waals surface area (Å²) < 4.78 is 0. The largest absolute Gasteiger partial charge is 0.274 e. The highest BCUT2D eigenvalue weighted by molar-refractivity contribution is 6.10. The molecule has 2 amide bonds. The third-order valence-electron chi connectivity index (χ3n) is 2.93. The Labute approximate surface area is 106 Å². The van der Waals surface area contributed by atoms with E-state index in [1.807, 2.05) is 30.3 Å². The molecule has 0 atom stereocenters. The second kappa shape index (κ2) is 4.61. The summed E-state index contributed by atoms with van der Waals surface area (Å²) >= 11 is 0. The van der Waals surface area contributed by atoms with Crippen molar-refractivity contribution >= 4 is 17.5 Å². The number of fused-ring (bicyclic) bond motifs is 1. The molecule has 0 aromatic heterocycles. The molecule has 0 bridgehead atoms. The molecule has 0 spiro atoms. The number of benzene rings is 1. The Bertz CT molecular complexity index is 570. The zero-order chi connectivity index (χ0) is 13.3. The zero-order valence-electron chi connectivity index (χ0n) is 10.6. The third kappa shape index (κ3) is 1.99. The number of hydrogen-bond donors (Lipinski definition) is 0. The lowest BCUT2D eigenvalue weighted by atomic mass is 10.1. The van der Waals surface area contributed by atoms with Crippen LogP contribution in [0.5, 0.6) is 0 Å². The van der Waals surface area contributed by atoms with Gasteiger partial charge in [-0.15, -0.1) is 0 Å². The summed E-state index contributed by atoms with van der Waals surface area (Å²) in [7, 11) is 0. The molecule has 92 valence electrons. The number of nitrogens with zero attached hydrogens (tertiary/aromatic N) is 1. The normalized spacial score (nSPS) is 12.7. The molecule has 3 heteroatoms. The maximum absolute atomic E-state index is 12.0. The zero-order valence-corrected chi connectivity index (χ0v) is 10.6. The SMILES string of the molecule is C=C(C)C(=O)N(C(C)=O)C1=CCc2ccccc21. The molecule has 1 aromatic carbocycles. The highest BCUT2D eigenvalue weighted by Gasteiger charge is 2.27. The van der Waals surface area contributed by atoms with Crippen LogP contribution in [0, 0.1) is 0 Å². The monoisotopic (exact) mass is 241 g/mol. The van der Waals surface area contributed by atoms with Crippen LogP contribution in [0.15, 0.2) is 42.5 Å². The summed E-state index contributed by atoms with van der Waals surface area (Å²) in [5.41, 5.74) is 3.11. The molecule has 0 saturated heterocycles. The molecule has 0 N–H and O–H groups in total. The molecule has 0 aliphatic heterocycles. The summed E-state index contributed by atoms with van der Waals surface area (Å²) in [5.74, 6) is -0.628. The van der Waals surface area contributed by atoms with Crippen LogP contribution in [0.1, 0.15) is 25.0 Å². The second-order valence-electron chi connectivity index (χ2n) is 4.39. The minimum Gasteiger partial charge on any atom is -0.274 e. The van der Waals surface area contributed by atoms with Crippen LogP contribution in [-0.2, 0) is 16.0 Å². The molecular formula is C15H15NO2. The van der Waals surface area contributed by atoms with E-state index < -0.39 is 0 Å². The first kappa shape index (κ1) is 12.3. The average molecular weight is 241 g/mol. The average Bonchev–Trinajstić information content (AvgIpc) is 2.73. The maximum Gasteiger partial charge on any atom is 0.260 e. The Kier molecular flexibility index (Phi) is 3.15. The number of amides is 2. The van der Waals surface area contributed by atoms with E-state index in [-0.39, 0.29) is 11.8 Å². The van der Waals surface area contributed by atoms with E-state index in [9.17, 15) is 9.59 Å². The van der Waals surface area contributed by atoms with Gasteiger partial charge in [-0.25, -0.2) is 4.90 Å². The van der Waals surface area contributed by atoms with Gasteiger partial charge in [-0.3, -0.25) is 9.59 Å². The third-order valence-corrected chi connectivity index (χ3v) is 2.93. The fourth-order valence-corrected chi connectivity index (χ4v) is 2.09. The van der Waals surface area contributed by atoms with Crippen LogP contribution in [0.2, 0.25) is 0 Å².